The summed E-state index contributed by atoms with van der Waals surface area (Å²) in [6.45, 7) is 5.37. The van der Waals surface area contributed by atoms with Crippen LogP contribution in [0.5, 0.6) is 0 Å². The van der Waals surface area contributed by atoms with Crippen LogP contribution >= 0.6 is 28.3 Å². The quantitative estimate of drug-likeness (QED) is 0.649. The summed E-state index contributed by atoms with van der Waals surface area (Å²) in [7, 11) is 0. The summed E-state index contributed by atoms with van der Waals surface area (Å²) in [5.74, 6) is 0. The van der Waals surface area contributed by atoms with Crippen molar-refractivity contribution in [3.63, 3.8) is 0 Å². The van der Waals surface area contributed by atoms with E-state index in [1.54, 1.807) is 0 Å². The molecule has 0 radical (unpaired) electrons. The zero-order valence-corrected chi connectivity index (χ0v) is 9.70. The molecule has 0 aliphatic carbocycles. The number of hydrogen-bond donors (Lipinski definition) is 1. The third kappa shape index (κ3) is 4.46. The van der Waals surface area contributed by atoms with Gasteiger partial charge in [-0.3, -0.25) is 0 Å². The summed E-state index contributed by atoms with van der Waals surface area (Å²) in [6.07, 6.45) is 1.86. The van der Waals surface area contributed by atoms with Crippen LogP contribution in [0.3, 0.4) is 0 Å². The second-order valence-electron chi connectivity index (χ2n) is 2.51. The smallest absolute Gasteiger partial charge is 0.0220 e. The van der Waals surface area contributed by atoms with Gasteiger partial charge in [-0.05, 0) is 11.6 Å². The zero-order valence-electron chi connectivity index (χ0n) is 7.29. The van der Waals surface area contributed by atoms with E-state index in [0.717, 1.165) is 17.6 Å². The molecule has 1 rings (SSSR count). The van der Waals surface area contributed by atoms with E-state index in [9.17, 15) is 0 Å². The standard InChI is InChI=1S/C10H12BrN.ClH/c1-2-7-12-8-9-5-3-4-6-10(9)11;/h2-6,12H,1,7-8H2;1H. The molecule has 3 heteroatoms. The first-order chi connectivity index (χ1) is 5.84. The molecular weight excluding hydrogens is 249 g/mol. The number of hydrogen-bond acceptors (Lipinski definition) is 1. The molecule has 13 heavy (non-hydrogen) atoms. The summed E-state index contributed by atoms with van der Waals surface area (Å²) in [5.41, 5.74) is 1.28. The molecule has 0 saturated carbocycles. The van der Waals surface area contributed by atoms with E-state index >= 15 is 0 Å². The van der Waals surface area contributed by atoms with Gasteiger partial charge >= 0.3 is 0 Å². The molecule has 0 fully saturated rings. The molecule has 0 unspecified atom stereocenters. The molecule has 1 nitrogen and oxygen atoms in total. The first-order valence-electron chi connectivity index (χ1n) is 3.89. The predicted molar refractivity (Wildman–Crippen MR) is 63.3 cm³/mol. The number of rotatable bonds is 4. The van der Waals surface area contributed by atoms with E-state index in [2.05, 4.69) is 33.9 Å². The van der Waals surface area contributed by atoms with Crippen molar-refractivity contribution >= 4 is 28.3 Å². The molecule has 0 atom stereocenters. The van der Waals surface area contributed by atoms with Gasteiger partial charge in [0.2, 0.25) is 0 Å². The first kappa shape index (κ1) is 12.7. The van der Waals surface area contributed by atoms with E-state index in [0.29, 0.717) is 0 Å². The maximum atomic E-state index is 3.64. The average molecular weight is 263 g/mol. The van der Waals surface area contributed by atoms with Crippen LogP contribution in [-0.2, 0) is 6.54 Å². The Morgan fingerprint density at radius 1 is 1.38 bits per heavy atom. The van der Waals surface area contributed by atoms with E-state index in [1.807, 2.05) is 24.3 Å². The third-order valence-electron chi connectivity index (χ3n) is 1.56. The van der Waals surface area contributed by atoms with Gasteiger partial charge in [0.15, 0.2) is 0 Å². The average Bonchev–Trinajstić information content (AvgIpc) is 2.09. The molecule has 1 aromatic carbocycles. The molecule has 72 valence electrons. The van der Waals surface area contributed by atoms with Gasteiger partial charge in [-0.1, -0.05) is 40.2 Å². The van der Waals surface area contributed by atoms with Crippen molar-refractivity contribution in [1.29, 1.82) is 0 Å². The highest BCUT2D eigenvalue weighted by atomic mass is 79.9. The van der Waals surface area contributed by atoms with Crippen molar-refractivity contribution in [3.05, 3.63) is 47.0 Å². The van der Waals surface area contributed by atoms with Crippen molar-refractivity contribution in [2.24, 2.45) is 0 Å². The van der Waals surface area contributed by atoms with Gasteiger partial charge in [0.05, 0.1) is 0 Å². The van der Waals surface area contributed by atoms with Crippen molar-refractivity contribution < 1.29 is 0 Å². The molecule has 0 amide bonds. The Labute approximate surface area is 93.8 Å². The highest BCUT2D eigenvalue weighted by Gasteiger charge is 1.95. The second kappa shape index (κ2) is 7.13. The van der Waals surface area contributed by atoms with Crippen molar-refractivity contribution in [2.75, 3.05) is 6.54 Å². The van der Waals surface area contributed by atoms with Crippen LogP contribution in [0.4, 0.5) is 0 Å². The van der Waals surface area contributed by atoms with E-state index < -0.39 is 0 Å². The fraction of sp³-hybridized carbons (Fsp3) is 0.200. The van der Waals surface area contributed by atoms with Gasteiger partial charge in [-0.15, -0.1) is 19.0 Å². The topological polar surface area (TPSA) is 12.0 Å². The highest BCUT2D eigenvalue weighted by molar-refractivity contribution is 9.10. The number of benzene rings is 1. The summed E-state index contributed by atoms with van der Waals surface area (Å²) in [5, 5.41) is 3.24. The molecule has 0 saturated heterocycles. The van der Waals surface area contributed by atoms with Crippen molar-refractivity contribution in [3.8, 4) is 0 Å². The summed E-state index contributed by atoms with van der Waals surface area (Å²) < 4.78 is 1.15. The van der Waals surface area contributed by atoms with Crippen molar-refractivity contribution in [1.82, 2.24) is 5.32 Å². The predicted octanol–water partition coefficient (Wildman–Crippen LogP) is 3.15. The van der Waals surface area contributed by atoms with Crippen LogP contribution in [0.2, 0.25) is 0 Å². The minimum Gasteiger partial charge on any atom is -0.309 e. The molecule has 0 aliphatic rings. The van der Waals surface area contributed by atoms with Crippen molar-refractivity contribution in [2.45, 2.75) is 6.54 Å². The van der Waals surface area contributed by atoms with Crippen LogP contribution in [0.25, 0.3) is 0 Å². The fourth-order valence-electron chi connectivity index (χ4n) is 0.951. The normalized spacial score (nSPS) is 9.00. The van der Waals surface area contributed by atoms with Gasteiger partial charge in [0.25, 0.3) is 0 Å². The highest BCUT2D eigenvalue weighted by Crippen LogP contribution is 2.14. The largest absolute Gasteiger partial charge is 0.309 e. The Morgan fingerprint density at radius 2 is 2.08 bits per heavy atom. The monoisotopic (exact) mass is 261 g/mol. The molecule has 1 N–H and O–H groups in total. The Hall–Kier alpha value is -0.310. The second-order valence-corrected chi connectivity index (χ2v) is 3.37. The molecule has 0 bridgehead atoms. The van der Waals surface area contributed by atoms with Gasteiger partial charge in [0.1, 0.15) is 0 Å². The van der Waals surface area contributed by atoms with E-state index in [1.165, 1.54) is 5.56 Å². The van der Waals surface area contributed by atoms with Crippen LogP contribution in [0.15, 0.2) is 41.4 Å². The molecule has 0 spiro atoms. The Morgan fingerprint density at radius 3 is 2.69 bits per heavy atom. The maximum Gasteiger partial charge on any atom is 0.0220 e. The lowest BCUT2D eigenvalue weighted by molar-refractivity contribution is 0.758. The van der Waals surface area contributed by atoms with Crippen LogP contribution in [0, 0.1) is 0 Å². The van der Waals surface area contributed by atoms with Gasteiger partial charge < -0.3 is 5.32 Å². The minimum absolute atomic E-state index is 0. The number of halogens is 2. The fourth-order valence-corrected chi connectivity index (χ4v) is 1.38. The van der Waals surface area contributed by atoms with Crippen LogP contribution in [-0.4, -0.2) is 6.54 Å². The summed E-state index contributed by atoms with van der Waals surface area (Å²) in [4.78, 5) is 0. The van der Waals surface area contributed by atoms with Crippen LogP contribution in [0.1, 0.15) is 5.56 Å². The van der Waals surface area contributed by atoms with Crippen LogP contribution < -0.4 is 5.32 Å². The molecular formula is C10H13BrClN. The SMILES string of the molecule is C=CCNCc1ccccc1Br.Cl. The number of nitrogens with one attached hydrogen (secondary N) is 1. The molecule has 0 aliphatic heterocycles. The summed E-state index contributed by atoms with van der Waals surface area (Å²) >= 11 is 3.48. The Bertz CT molecular complexity index is 263. The third-order valence-corrected chi connectivity index (χ3v) is 2.34. The summed E-state index contributed by atoms with van der Waals surface area (Å²) in [6, 6.07) is 8.20. The Balaban J connectivity index is 0.00000144. The van der Waals surface area contributed by atoms with E-state index in [4.69, 9.17) is 0 Å². The lowest BCUT2D eigenvalue weighted by Gasteiger charge is -2.03. The van der Waals surface area contributed by atoms with E-state index in [-0.39, 0.29) is 12.4 Å². The lowest BCUT2D eigenvalue weighted by atomic mass is 10.2. The minimum atomic E-state index is 0. The zero-order chi connectivity index (χ0) is 8.81. The first-order valence-corrected chi connectivity index (χ1v) is 4.69. The molecule has 1 aromatic rings. The molecule has 0 heterocycles. The van der Waals surface area contributed by atoms with Gasteiger partial charge in [-0.2, -0.15) is 0 Å². The molecule has 0 aromatic heterocycles. The Kier molecular flexibility index (Phi) is 6.96. The maximum absolute atomic E-state index is 3.64. The lowest BCUT2D eigenvalue weighted by Crippen LogP contribution is -2.12. The van der Waals surface area contributed by atoms with Gasteiger partial charge in [0, 0.05) is 17.6 Å². The van der Waals surface area contributed by atoms with Gasteiger partial charge in [-0.25, -0.2) is 0 Å².